The Morgan fingerprint density at radius 3 is 2.30 bits per heavy atom. The van der Waals surface area contributed by atoms with E-state index in [4.69, 9.17) is 28.1 Å². The summed E-state index contributed by atoms with van der Waals surface area (Å²) in [4.78, 5) is 46.1. The molecule has 10 nitrogen and oxygen atoms in total. The second-order valence-electron chi connectivity index (χ2n) is 7.46. The number of hydrogen-bond donors (Lipinski definition) is 0. The van der Waals surface area contributed by atoms with Crippen LogP contribution in [0.1, 0.15) is 26.3 Å². The molecule has 1 saturated heterocycles. The van der Waals surface area contributed by atoms with Crippen LogP contribution in [-0.2, 0) is 33.3 Å². The van der Waals surface area contributed by atoms with Crippen LogP contribution in [0.15, 0.2) is 33.5 Å². The summed E-state index contributed by atoms with van der Waals surface area (Å²) in [5.74, 6) is -2.15. The molecule has 178 valence electrons. The molecular weight excluding hydrogens is 443 g/mol. The van der Waals surface area contributed by atoms with Gasteiger partial charge in [0.05, 0.1) is 0 Å². The van der Waals surface area contributed by atoms with Gasteiger partial charge < -0.3 is 28.1 Å². The highest BCUT2D eigenvalue weighted by atomic mass is 19.1. The standard InChI is InChI=1S/C22H23FO10/c1-10-7-18(27)32-16-8-14(5-6-15(10)16)31-22-19(23)21(30-13(4)26)20(29-12(3)25)17(33-22)9-28-11(2)24/h5-8,17,19-22H,9H2,1-4H3. The van der Waals surface area contributed by atoms with E-state index in [-0.39, 0.29) is 11.3 Å². The summed E-state index contributed by atoms with van der Waals surface area (Å²) in [6, 6.07) is 5.87. The predicted molar refractivity (Wildman–Crippen MR) is 109 cm³/mol. The van der Waals surface area contributed by atoms with Crippen LogP contribution in [0, 0.1) is 6.92 Å². The van der Waals surface area contributed by atoms with Gasteiger partial charge in [-0.1, -0.05) is 0 Å². The Bertz CT molecular complexity index is 1110. The number of fused-ring (bicyclic) bond motifs is 1. The lowest BCUT2D eigenvalue weighted by atomic mass is 9.99. The smallest absolute Gasteiger partial charge is 0.336 e. The number of ether oxygens (including phenoxy) is 5. The van der Waals surface area contributed by atoms with Gasteiger partial charge in [0.15, 0.2) is 12.2 Å². The second-order valence-corrected chi connectivity index (χ2v) is 7.46. The first kappa shape index (κ1) is 24.2. The van der Waals surface area contributed by atoms with Crippen molar-refractivity contribution in [1.82, 2.24) is 0 Å². The molecule has 11 heteroatoms. The van der Waals surface area contributed by atoms with Gasteiger partial charge in [0.1, 0.15) is 24.0 Å². The zero-order valence-corrected chi connectivity index (χ0v) is 18.4. The van der Waals surface area contributed by atoms with E-state index in [9.17, 15) is 19.2 Å². The van der Waals surface area contributed by atoms with Crippen LogP contribution in [0.4, 0.5) is 4.39 Å². The Balaban J connectivity index is 1.92. The number of alkyl halides is 1. The van der Waals surface area contributed by atoms with Gasteiger partial charge in [-0.25, -0.2) is 9.18 Å². The van der Waals surface area contributed by atoms with Gasteiger partial charge in [0.2, 0.25) is 12.5 Å². The van der Waals surface area contributed by atoms with E-state index in [0.29, 0.717) is 10.9 Å². The normalized spacial score (nSPS) is 24.7. The van der Waals surface area contributed by atoms with Gasteiger partial charge >= 0.3 is 23.5 Å². The molecule has 1 aromatic heterocycles. The van der Waals surface area contributed by atoms with Crippen LogP contribution >= 0.6 is 0 Å². The van der Waals surface area contributed by atoms with Crippen molar-refractivity contribution >= 4 is 28.9 Å². The molecular formula is C22H23FO10. The van der Waals surface area contributed by atoms with Gasteiger partial charge in [0.25, 0.3) is 0 Å². The largest absolute Gasteiger partial charge is 0.463 e. The molecule has 0 spiro atoms. The molecule has 0 N–H and O–H groups in total. The van der Waals surface area contributed by atoms with Crippen molar-refractivity contribution < 1.29 is 46.9 Å². The van der Waals surface area contributed by atoms with Gasteiger partial charge in [-0.05, 0) is 24.6 Å². The van der Waals surface area contributed by atoms with E-state index in [1.807, 2.05) is 0 Å². The maximum absolute atomic E-state index is 15.4. The number of rotatable bonds is 6. The molecule has 0 radical (unpaired) electrons. The molecule has 33 heavy (non-hydrogen) atoms. The zero-order valence-electron chi connectivity index (χ0n) is 18.4. The maximum Gasteiger partial charge on any atom is 0.336 e. The average molecular weight is 466 g/mol. The molecule has 0 saturated carbocycles. The van der Waals surface area contributed by atoms with E-state index < -0.39 is 60.9 Å². The van der Waals surface area contributed by atoms with E-state index in [1.165, 1.54) is 18.2 Å². The van der Waals surface area contributed by atoms with Crippen molar-refractivity contribution in [3.8, 4) is 5.75 Å². The highest BCUT2D eigenvalue weighted by Gasteiger charge is 2.52. The van der Waals surface area contributed by atoms with Crippen LogP contribution in [-0.4, -0.2) is 55.3 Å². The first-order chi connectivity index (χ1) is 15.5. The molecule has 1 aliphatic heterocycles. The quantitative estimate of drug-likeness (QED) is 0.354. The third kappa shape index (κ3) is 5.86. The summed E-state index contributed by atoms with van der Waals surface area (Å²) < 4.78 is 46.9. The minimum atomic E-state index is -2.08. The van der Waals surface area contributed by atoms with Crippen molar-refractivity contribution in [2.75, 3.05) is 6.61 Å². The highest BCUT2D eigenvalue weighted by molar-refractivity contribution is 5.81. The minimum absolute atomic E-state index is 0.0997. The number of halogens is 1. The van der Waals surface area contributed by atoms with Crippen LogP contribution in [0.5, 0.6) is 5.75 Å². The fraction of sp³-hybridized carbons (Fsp3) is 0.455. The lowest BCUT2D eigenvalue weighted by Gasteiger charge is -2.41. The number of aryl methyl sites for hydroxylation is 1. The molecule has 1 aromatic carbocycles. The predicted octanol–water partition coefficient (Wildman–Crippen LogP) is 1.97. The van der Waals surface area contributed by atoms with E-state index in [0.717, 1.165) is 20.8 Å². The van der Waals surface area contributed by atoms with E-state index in [1.54, 1.807) is 13.0 Å². The Morgan fingerprint density at radius 2 is 1.67 bits per heavy atom. The third-order valence-corrected chi connectivity index (χ3v) is 4.80. The molecule has 0 amide bonds. The summed E-state index contributed by atoms with van der Waals surface area (Å²) in [7, 11) is 0. The van der Waals surface area contributed by atoms with Crippen LogP contribution in [0.25, 0.3) is 11.0 Å². The summed E-state index contributed by atoms with van der Waals surface area (Å²) in [5, 5.41) is 0.656. The van der Waals surface area contributed by atoms with Gasteiger partial charge in [-0.3, -0.25) is 14.4 Å². The maximum atomic E-state index is 15.4. The van der Waals surface area contributed by atoms with Crippen molar-refractivity contribution in [2.45, 2.75) is 58.5 Å². The fourth-order valence-corrected chi connectivity index (χ4v) is 3.47. The molecule has 0 aliphatic carbocycles. The highest BCUT2D eigenvalue weighted by Crippen LogP contribution is 2.31. The SMILES string of the molecule is CC(=O)OCC1OC(Oc2ccc3c(C)cc(=O)oc3c2)C(F)C(OC(C)=O)C1OC(C)=O. The van der Waals surface area contributed by atoms with Gasteiger partial charge in [0, 0.05) is 38.3 Å². The lowest BCUT2D eigenvalue weighted by molar-refractivity contribution is -0.271. The summed E-state index contributed by atoms with van der Waals surface area (Å²) >= 11 is 0. The summed E-state index contributed by atoms with van der Waals surface area (Å²) in [5.41, 5.74) is 0.343. The number of carbonyl (C=O) groups excluding carboxylic acids is 3. The van der Waals surface area contributed by atoms with Crippen molar-refractivity contribution in [3.05, 3.63) is 40.2 Å². The molecule has 1 fully saturated rings. The Labute approximate surface area is 187 Å². The lowest BCUT2D eigenvalue weighted by Crippen LogP contribution is -2.61. The van der Waals surface area contributed by atoms with Gasteiger partial charge in [-0.2, -0.15) is 0 Å². The minimum Gasteiger partial charge on any atom is -0.463 e. The molecule has 2 heterocycles. The molecule has 3 rings (SSSR count). The number of hydrogen-bond acceptors (Lipinski definition) is 10. The molecule has 0 bridgehead atoms. The Hall–Kier alpha value is -3.47. The number of carbonyl (C=O) groups is 3. The van der Waals surface area contributed by atoms with Crippen molar-refractivity contribution in [3.63, 3.8) is 0 Å². The van der Waals surface area contributed by atoms with Crippen LogP contribution in [0.3, 0.4) is 0 Å². The van der Waals surface area contributed by atoms with E-state index >= 15 is 4.39 Å². The van der Waals surface area contributed by atoms with Gasteiger partial charge in [-0.15, -0.1) is 0 Å². The molecule has 5 unspecified atom stereocenters. The Kier molecular flexibility index (Phi) is 7.32. The third-order valence-electron chi connectivity index (χ3n) is 4.80. The summed E-state index contributed by atoms with van der Waals surface area (Å²) in [6.45, 7) is 4.64. The monoisotopic (exact) mass is 466 g/mol. The number of esters is 3. The first-order valence-electron chi connectivity index (χ1n) is 10.0. The zero-order chi connectivity index (χ0) is 24.3. The van der Waals surface area contributed by atoms with Crippen LogP contribution < -0.4 is 10.4 Å². The topological polar surface area (TPSA) is 128 Å². The molecule has 2 aromatic rings. The van der Waals surface area contributed by atoms with E-state index in [2.05, 4.69) is 0 Å². The second kappa shape index (κ2) is 9.99. The van der Waals surface area contributed by atoms with Crippen molar-refractivity contribution in [2.24, 2.45) is 0 Å². The average Bonchev–Trinajstić information content (AvgIpc) is 2.70. The first-order valence-corrected chi connectivity index (χ1v) is 10.0. The fourth-order valence-electron chi connectivity index (χ4n) is 3.47. The van der Waals surface area contributed by atoms with Crippen LogP contribution in [0.2, 0.25) is 0 Å². The Morgan fingerprint density at radius 1 is 1.00 bits per heavy atom. The molecule has 5 atom stereocenters. The molecule has 1 aliphatic rings. The summed E-state index contributed by atoms with van der Waals surface area (Å²) in [6.07, 6.45) is -7.88. The van der Waals surface area contributed by atoms with Crippen molar-refractivity contribution in [1.29, 1.82) is 0 Å². The number of benzene rings is 1.